The molecule has 0 atom stereocenters. The number of H-pyrrole nitrogens is 1. The van der Waals surface area contributed by atoms with Gasteiger partial charge in [-0.05, 0) is 60.7 Å². The van der Waals surface area contributed by atoms with Crippen LogP contribution >= 0.6 is 0 Å². The molecule has 1 fully saturated rings. The van der Waals surface area contributed by atoms with Crippen LogP contribution in [0.15, 0.2) is 48.8 Å². The predicted molar refractivity (Wildman–Crippen MR) is 120 cm³/mol. The van der Waals surface area contributed by atoms with E-state index in [0.717, 1.165) is 35.8 Å². The second-order valence-electron chi connectivity index (χ2n) is 8.02. The fourth-order valence-corrected chi connectivity index (χ4v) is 3.79. The van der Waals surface area contributed by atoms with Gasteiger partial charge in [-0.3, -0.25) is 0 Å². The molecular weight excluding hydrogens is 435 g/mol. The van der Waals surface area contributed by atoms with Gasteiger partial charge in [0.15, 0.2) is 0 Å². The SMILES string of the molecule is O=C(O)C(F)(F)F.c1nc2cc(-c3ccc(OCCNCC4CCCCC4)cc3)ccc2[nH]1. The van der Waals surface area contributed by atoms with Crippen LogP contribution in [0.4, 0.5) is 13.2 Å². The van der Waals surface area contributed by atoms with Gasteiger partial charge in [-0.1, -0.05) is 37.5 Å². The number of hydrogen-bond donors (Lipinski definition) is 3. The highest BCUT2D eigenvalue weighted by Gasteiger charge is 2.38. The van der Waals surface area contributed by atoms with Crippen LogP contribution in [-0.4, -0.2) is 46.9 Å². The van der Waals surface area contributed by atoms with Crippen molar-refractivity contribution in [1.82, 2.24) is 15.3 Å². The van der Waals surface area contributed by atoms with E-state index in [4.69, 9.17) is 14.6 Å². The lowest BCUT2D eigenvalue weighted by molar-refractivity contribution is -0.192. The van der Waals surface area contributed by atoms with Crippen molar-refractivity contribution < 1.29 is 27.8 Å². The molecule has 0 unspecified atom stereocenters. The number of hydrogen-bond acceptors (Lipinski definition) is 4. The molecule has 3 aromatic rings. The maximum Gasteiger partial charge on any atom is 0.490 e. The summed E-state index contributed by atoms with van der Waals surface area (Å²) in [6.45, 7) is 2.76. The number of nitrogens with one attached hydrogen (secondary N) is 2. The monoisotopic (exact) mass is 463 g/mol. The number of alkyl halides is 3. The van der Waals surface area contributed by atoms with Crippen molar-refractivity contribution in [3.8, 4) is 16.9 Å². The van der Waals surface area contributed by atoms with Gasteiger partial charge in [0.25, 0.3) is 0 Å². The molecule has 0 radical (unpaired) electrons. The number of ether oxygens (including phenoxy) is 1. The maximum absolute atomic E-state index is 10.6. The van der Waals surface area contributed by atoms with Crippen LogP contribution in [0, 0.1) is 5.92 Å². The summed E-state index contributed by atoms with van der Waals surface area (Å²) in [5.74, 6) is -0.962. The Morgan fingerprint density at radius 2 is 1.76 bits per heavy atom. The van der Waals surface area contributed by atoms with Crippen molar-refractivity contribution in [2.45, 2.75) is 38.3 Å². The molecule has 6 nitrogen and oxygen atoms in total. The van der Waals surface area contributed by atoms with Gasteiger partial charge in [0.2, 0.25) is 0 Å². The smallest absolute Gasteiger partial charge is 0.490 e. The highest BCUT2D eigenvalue weighted by molar-refractivity contribution is 5.81. The minimum atomic E-state index is -5.08. The topological polar surface area (TPSA) is 87.2 Å². The standard InChI is InChI=1S/C22H27N3O.C2HF3O2/c1-2-4-17(5-3-1)15-23-12-13-26-20-9-6-18(7-10-20)19-8-11-21-22(14-19)25-16-24-21;3-2(4,5)1(6)7/h6-11,14,16-17,23H,1-5,12-13,15H2,(H,24,25);(H,6,7). The van der Waals surface area contributed by atoms with Crippen LogP contribution in [0.2, 0.25) is 0 Å². The average molecular weight is 464 g/mol. The second-order valence-corrected chi connectivity index (χ2v) is 8.02. The minimum Gasteiger partial charge on any atom is -0.492 e. The third kappa shape index (κ3) is 7.78. The van der Waals surface area contributed by atoms with Gasteiger partial charge in [0.1, 0.15) is 12.4 Å². The number of aromatic nitrogens is 2. The highest BCUT2D eigenvalue weighted by atomic mass is 19.4. The maximum atomic E-state index is 10.6. The molecule has 2 aromatic carbocycles. The van der Waals surface area contributed by atoms with E-state index in [-0.39, 0.29) is 0 Å². The summed E-state index contributed by atoms with van der Waals surface area (Å²) in [5, 5.41) is 10.7. The first-order valence-corrected chi connectivity index (χ1v) is 11.0. The van der Waals surface area contributed by atoms with Crippen molar-refractivity contribution >= 4 is 17.0 Å². The number of halogens is 3. The number of nitrogens with zero attached hydrogens (tertiary/aromatic N) is 1. The number of rotatable bonds is 7. The second kappa shape index (κ2) is 11.7. The van der Waals surface area contributed by atoms with Crippen LogP contribution in [0.5, 0.6) is 5.75 Å². The average Bonchev–Trinajstić information content (AvgIpc) is 3.28. The number of carboxylic acids is 1. The molecule has 1 aliphatic carbocycles. The Balaban J connectivity index is 0.000000383. The normalized spacial score (nSPS) is 14.5. The molecule has 0 spiro atoms. The summed E-state index contributed by atoms with van der Waals surface area (Å²) in [5.41, 5.74) is 4.41. The van der Waals surface area contributed by atoms with Crippen molar-refractivity contribution in [3.63, 3.8) is 0 Å². The molecule has 0 saturated heterocycles. The summed E-state index contributed by atoms with van der Waals surface area (Å²) in [6.07, 6.45) is 3.65. The molecule has 3 N–H and O–H groups in total. The third-order valence-electron chi connectivity index (χ3n) is 5.56. The van der Waals surface area contributed by atoms with E-state index < -0.39 is 12.1 Å². The molecule has 4 rings (SSSR count). The van der Waals surface area contributed by atoms with Gasteiger partial charge in [0, 0.05) is 6.54 Å². The quantitative estimate of drug-likeness (QED) is 0.408. The van der Waals surface area contributed by atoms with Crippen molar-refractivity contribution in [2.24, 2.45) is 5.92 Å². The molecular formula is C24H28F3N3O3. The van der Waals surface area contributed by atoms with E-state index in [1.165, 1.54) is 43.2 Å². The zero-order valence-electron chi connectivity index (χ0n) is 18.2. The number of carboxylic acid groups (broad SMARTS) is 1. The number of aliphatic carboxylic acids is 1. The third-order valence-corrected chi connectivity index (χ3v) is 5.56. The predicted octanol–water partition coefficient (Wildman–Crippen LogP) is 5.41. The lowest BCUT2D eigenvalue weighted by Gasteiger charge is -2.21. The van der Waals surface area contributed by atoms with E-state index >= 15 is 0 Å². The fraction of sp³-hybridized carbons (Fsp3) is 0.417. The van der Waals surface area contributed by atoms with E-state index in [9.17, 15) is 13.2 Å². The number of imidazole rings is 1. The molecule has 1 aromatic heterocycles. The van der Waals surface area contributed by atoms with Gasteiger partial charge in [-0.15, -0.1) is 0 Å². The Bertz CT molecular complexity index is 1010. The van der Waals surface area contributed by atoms with E-state index in [1.807, 2.05) is 12.1 Å². The van der Waals surface area contributed by atoms with E-state index in [1.54, 1.807) is 6.33 Å². The first-order chi connectivity index (χ1) is 15.8. The molecule has 33 heavy (non-hydrogen) atoms. The number of fused-ring (bicyclic) bond motifs is 1. The molecule has 0 bridgehead atoms. The molecule has 1 aliphatic rings. The van der Waals surface area contributed by atoms with E-state index in [0.29, 0.717) is 6.61 Å². The lowest BCUT2D eigenvalue weighted by Crippen LogP contribution is -2.28. The van der Waals surface area contributed by atoms with E-state index in [2.05, 4.69) is 45.6 Å². The Hall–Kier alpha value is -3.07. The summed E-state index contributed by atoms with van der Waals surface area (Å²) >= 11 is 0. The van der Waals surface area contributed by atoms with Crippen LogP contribution in [0.3, 0.4) is 0 Å². The van der Waals surface area contributed by atoms with Crippen molar-refractivity contribution in [3.05, 3.63) is 48.8 Å². The number of carbonyl (C=O) groups is 1. The van der Waals surface area contributed by atoms with Crippen molar-refractivity contribution in [2.75, 3.05) is 19.7 Å². The summed E-state index contributed by atoms with van der Waals surface area (Å²) in [6, 6.07) is 14.6. The highest BCUT2D eigenvalue weighted by Crippen LogP contribution is 2.25. The molecule has 178 valence electrons. The fourth-order valence-electron chi connectivity index (χ4n) is 3.79. The van der Waals surface area contributed by atoms with Crippen LogP contribution in [0.25, 0.3) is 22.2 Å². The first kappa shape index (κ1) is 24.6. The molecule has 0 amide bonds. The molecule has 0 aliphatic heterocycles. The summed E-state index contributed by atoms with van der Waals surface area (Å²) in [4.78, 5) is 16.3. The Morgan fingerprint density at radius 1 is 1.09 bits per heavy atom. The lowest BCUT2D eigenvalue weighted by atomic mass is 9.89. The van der Waals surface area contributed by atoms with Crippen LogP contribution in [0.1, 0.15) is 32.1 Å². The Labute approximate surface area is 190 Å². The van der Waals surface area contributed by atoms with Gasteiger partial charge >= 0.3 is 12.1 Å². The Morgan fingerprint density at radius 3 is 2.42 bits per heavy atom. The van der Waals surface area contributed by atoms with Gasteiger partial charge in [0.05, 0.1) is 17.4 Å². The summed E-state index contributed by atoms with van der Waals surface area (Å²) < 4.78 is 37.6. The van der Waals surface area contributed by atoms with Gasteiger partial charge in [-0.2, -0.15) is 13.2 Å². The number of benzene rings is 2. The van der Waals surface area contributed by atoms with Gasteiger partial charge < -0.3 is 20.1 Å². The zero-order valence-corrected chi connectivity index (χ0v) is 18.2. The first-order valence-electron chi connectivity index (χ1n) is 11.0. The van der Waals surface area contributed by atoms with Crippen molar-refractivity contribution in [1.29, 1.82) is 0 Å². The molecule has 1 heterocycles. The van der Waals surface area contributed by atoms with Gasteiger partial charge in [-0.25, -0.2) is 9.78 Å². The zero-order chi connectivity index (χ0) is 23.7. The van der Waals surface area contributed by atoms with Crippen LogP contribution in [-0.2, 0) is 4.79 Å². The van der Waals surface area contributed by atoms with Crippen LogP contribution < -0.4 is 10.1 Å². The minimum absolute atomic E-state index is 0.714. The summed E-state index contributed by atoms with van der Waals surface area (Å²) in [7, 11) is 0. The molecule has 9 heteroatoms. The largest absolute Gasteiger partial charge is 0.492 e. The molecule has 1 saturated carbocycles. The number of aromatic amines is 1. The Kier molecular flexibility index (Phi) is 8.71.